The number of aliphatic hydroxyl groups excluding tert-OH is 2. The zero-order valence-corrected chi connectivity index (χ0v) is 9.15. The van der Waals surface area contributed by atoms with Crippen LogP contribution in [0.15, 0.2) is 17.8 Å². The molecule has 0 spiro atoms. The van der Waals surface area contributed by atoms with Gasteiger partial charge >= 0.3 is 0 Å². The van der Waals surface area contributed by atoms with Crippen LogP contribution < -0.4 is 0 Å². The van der Waals surface area contributed by atoms with Crippen LogP contribution in [0.1, 0.15) is 18.5 Å². The van der Waals surface area contributed by atoms with Crippen molar-refractivity contribution >= 4 is 16.3 Å². The van der Waals surface area contributed by atoms with Crippen molar-refractivity contribution in [2.45, 2.75) is 25.4 Å². The van der Waals surface area contributed by atoms with Crippen LogP contribution in [0.4, 0.5) is 0 Å². The molecule has 15 heavy (non-hydrogen) atoms. The Balaban J connectivity index is 1.96. The molecule has 5 heteroatoms. The number of fused-ring (bicyclic) bond motifs is 1. The van der Waals surface area contributed by atoms with Crippen LogP contribution >= 0.6 is 11.3 Å². The molecular formula is C10H14N2O2S. The van der Waals surface area contributed by atoms with E-state index in [1.54, 1.807) is 11.3 Å². The fourth-order valence-electron chi connectivity index (χ4n) is 1.54. The summed E-state index contributed by atoms with van der Waals surface area (Å²) in [6.45, 7) is 0.134. The lowest BCUT2D eigenvalue weighted by molar-refractivity contribution is 0.149. The summed E-state index contributed by atoms with van der Waals surface area (Å²) >= 11 is 1.58. The maximum absolute atomic E-state index is 9.64. The van der Waals surface area contributed by atoms with Gasteiger partial charge in [-0.05, 0) is 12.8 Å². The smallest absolute Gasteiger partial charge is 0.193 e. The van der Waals surface area contributed by atoms with Crippen molar-refractivity contribution in [3.05, 3.63) is 23.5 Å². The minimum Gasteiger partial charge on any atom is -0.396 e. The molecule has 1 unspecified atom stereocenters. The summed E-state index contributed by atoms with van der Waals surface area (Å²) < 4.78 is 1.96. The minimum atomic E-state index is -0.401. The molecular weight excluding hydrogens is 212 g/mol. The van der Waals surface area contributed by atoms with Gasteiger partial charge < -0.3 is 10.2 Å². The van der Waals surface area contributed by atoms with Gasteiger partial charge in [-0.1, -0.05) is 0 Å². The second-order valence-electron chi connectivity index (χ2n) is 3.55. The van der Waals surface area contributed by atoms with E-state index < -0.39 is 6.10 Å². The van der Waals surface area contributed by atoms with Crippen molar-refractivity contribution in [2.24, 2.45) is 0 Å². The molecule has 2 aromatic heterocycles. The molecule has 0 aliphatic heterocycles. The molecule has 0 radical (unpaired) electrons. The normalized spacial score (nSPS) is 13.5. The molecule has 0 fully saturated rings. The van der Waals surface area contributed by atoms with Crippen LogP contribution in [0.5, 0.6) is 0 Å². The van der Waals surface area contributed by atoms with Gasteiger partial charge in [0, 0.05) is 30.8 Å². The first-order valence-corrected chi connectivity index (χ1v) is 5.87. The second-order valence-corrected chi connectivity index (χ2v) is 4.42. The Hall–Kier alpha value is -0.910. The summed E-state index contributed by atoms with van der Waals surface area (Å²) in [6.07, 6.45) is 5.33. The third kappa shape index (κ3) is 2.56. The lowest BCUT2D eigenvalue weighted by Crippen LogP contribution is -2.11. The van der Waals surface area contributed by atoms with E-state index in [2.05, 4.69) is 4.98 Å². The van der Waals surface area contributed by atoms with Crippen LogP contribution in [0.25, 0.3) is 4.96 Å². The first-order valence-electron chi connectivity index (χ1n) is 4.99. The Labute approximate surface area is 91.8 Å². The highest BCUT2D eigenvalue weighted by atomic mass is 32.1. The monoisotopic (exact) mass is 226 g/mol. The molecule has 0 saturated heterocycles. The maximum atomic E-state index is 9.64. The van der Waals surface area contributed by atoms with Gasteiger partial charge in [0.05, 0.1) is 11.8 Å². The van der Waals surface area contributed by atoms with Gasteiger partial charge in [-0.3, -0.25) is 4.40 Å². The molecule has 0 saturated carbocycles. The topological polar surface area (TPSA) is 57.8 Å². The largest absolute Gasteiger partial charge is 0.396 e. The van der Waals surface area contributed by atoms with Crippen molar-refractivity contribution in [3.63, 3.8) is 0 Å². The number of thiazole rings is 1. The summed E-state index contributed by atoms with van der Waals surface area (Å²) in [6, 6.07) is 0. The molecule has 0 aliphatic rings. The Morgan fingerprint density at radius 3 is 3.13 bits per heavy atom. The van der Waals surface area contributed by atoms with E-state index in [-0.39, 0.29) is 6.61 Å². The zero-order chi connectivity index (χ0) is 10.7. The lowest BCUT2D eigenvalue weighted by Gasteiger charge is -2.06. The molecule has 2 aromatic rings. The Bertz CT molecular complexity index is 395. The van der Waals surface area contributed by atoms with Gasteiger partial charge in [-0.15, -0.1) is 11.3 Å². The van der Waals surface area contributed by atoms with E-state index in [4.69, 9.17) is 5.11 Å². The molecule has 0 aliphatic carbocycles. The van der Waals surface area contributed by atoms with Gasteiger partial charge in [0.1, 0.15) is 0 Å². The van der Waals surface area contributed by atoms with E-state index in [9.17, 15) is 5.11 Å². The predicted molar refractivity (Wildman–Crippen MR) is 59.1 cm³/mol. The average Bonchev–Trinajstić information content (AvgIpc) is 2.74. The predicted octanol–water partition coefficient (Wildman–Crippen LogP) is 1.07. The van der Waals surface area contributed by atoms with Crippen molar-refractivity contribution in [1.82, 2.24) is 9.38 Å². The molecule has 2 rings (SSSR count). The zero-order valence-electron chi connectivity index (χ0n) is 8.33. The summed E-state index contributed by atoms with van der Waals surface area (Å²) in [5.74, 6) is 0. The van der Waals surface area contributed by atoms with Gasteiger partial charge in [-0.25, -0.2) is 4.98 Å². The number of hydrogen-bond acceptors (Lipinski definition) is 4. The minimum absolute atomic E-state index is 0.134. The van der Waals surface area contributed by atoms with Gasteiger partial charge in [0.15, 0.2) is 4.96 Å². The highest BCUT2D eigenvalue weighted by Gasteiger charge is 2.08. The van der Waals surface area contributed by atoms with Crippen LogP contribution in [-0.2, 0) is 6.42 Å². The fraction of sp³-hybridized carbons (Fsp3) is 0.500. The Morgan fingerprint density at radius 2 is 2.40 bits per heavy atom. The van der Waals surface area contributed by atoms with Crippen LogP contribution in [0, 0.1) is 0 Å². The molecule has 1 atom stereocenters. The lowest BCUT2D eigenvalue weighted by atomic mass is 10.1. The quantitative estimate of drug-likeness (QED) is 0.802. The van der Waals surface area contributed by atoms with E-state index in [1.165, 1.54) is 0 Å². The van der Waals surface area contributed by atoms with Crippen molar-refractivity contribution in [1.29, 1.82) is 0 Å². The number of hydrogen-bond donors (Lipinski definition) is 2. The average molecular weight is 226 g/mol. The van der Waals surface area contributed by atoms with Crippen molar-refractivity contribution in [2.75, 3.05) is 6.61 Å². The molecule has 4 nitrogen and oxygen atoms in total. The highest BCUT2D eigenvalue weighted by molar-refractivity contribution is 7.15. The van der Waals surface area contributed by atoms with Crippen LogP contribution in [-0.4, -0.2) is 32.3 Å². The van der Waals surface area contributed by atoms with Crippen LogP contribution in [0.2, 0.25) is 0 Å². The number of imidazole rings is 1. The van der Waals surface area contributed by atoms with E-state index in [0.717, 1.165) is 10.7 Å². The maximum Gasteiger partial charge on any atom is 0.193 e. The number of nitrogens with zero attached hydrogens (tertiary/aromatic N) is 2. The molecule has 82 valence electrons. The molecule has 0 bridgehead atoms. The van der Waals surface area contributed by atoms with E-state index >= 15 is 0 Å². The highest BCUT2D eigenvalue weighted by Crippen LogP contribution is 2.13. The first kappa shape index (κ1) is 10.6. The van der Waals surface area contributed by atoms with Crippen molar-refractivity contribution in [3.8, 4) is 0 Å². The van der Waals surface area contributed by atoms with E-state index in [0.29, 0.717) is 19.3 Å². The summed E-state index contributed by atoms with van der Waals surface area (Å²) in [5, 5.41) is 20.3. The summed E-state index contributed by atoms with van der Waals surface area (Å²) in [4.78, 5) is 5.34. The standard InChI is InChI=1S/C10H14N2O2S/c13-4-1-2-9(14)6-8-7-12-3-5-15-10(12)11-8/h3,5,7,9,13-14H,1-2,4,6H2. The molecule has 2 heterocycles. The van der Waals surface area contributed by atoms with E-state index in [1.807, 2.05) is 22.2 Å². The fourth-order valence-corrected chi connectivity index (χ4v) is 2.26. The van der Waals surface area contributed by atoms with Crippen LogP contribution in [0.3, 0.4) is 0 Å². The van der Waals surface area contributed by atoms with Gasteiger partial charge in [0.2, 0.25) is 0 Å². The van der Waals surface area contributed by atoms with Crippen molar-refractivity contribution < 1.29 is 10.2 Å². The second kappa shape index (κ2) is 4.74. The number of aromatic nitrogens is 2. The molecule has 0 aromatic carbocycles. The van der Waals surface area contributed by atoms with Gasteiger partial charge in [-0.2, -0.15) is 0 Å². The number of aliphatic hydroxyl groups is 2. The summed E-state index contributed by atoms with van der Waals surface area (Å²) in [7, 11) is 0. The first-order chi connectivity index (χ1) is 7.29. The SMILES string of the molecule is OCCCC(O)Cc1cn2ccsc2n1. The molecule has 0 amide bonds. The number of rotatable bonds is 5. The third-order valence-electron chi connectivity index (χ3n) is 2.28. The summed E-state index contributed by atoms with van der Waals surface area (Å²) in [5.41, 5.74) is 0.910. The Morgan fingerprint density at radius 1 is 1.53 bits per heavy atom. The molecule has 2 N–H and O–H groups in total. The Kier molecular flexibility index (Phi) is 3.35. The van der Waals surface area contributed by atoms with Gasteiger partial charge in [0.25, 0.3) is 0 Å². The third-order valence-corrected chi connectivity index (χ3v) is 3.05.